The van der Waals surface area contributed by atoms with Crippen molar-refractivity contribution in [2.24, 2.45) is 0 Å². The van der Waals surface area contributed by atoms with Crippen molar-refractivity contribution in [2.75, 3.05) is 6.61 Å². The molecular weight excluding hydrogens is 615 g/mol. The monoisotopic (exact) mass is 696 g/mol. The van der Waals surface area contributed by atoms with Crippen LogP contribution in [-0.2, 0) is 4.79 Å². The third-order valence-corrected chi connectivity index (χ3v) is 9.17. The molecule has 0 saturated carbocycles. The van der Waals surface area contributed by atoms with Crippen LogP contribution in [0.2, 0.25) is 0 Å². The Balaban J connectivity index is 3.60. The molecule has 1 amide bonds. The van der Waals surface area contributed by atoms with Crippen LogP contribution in [0.3, 0.4) is 0 Å². The molecule has 288 valence electrons. The second-order valence-corrected chi connectivity index (χ2v) is 14.0. The number of nitrogens with one attached hydrogen (secondary N) is 1. The predicted molar refractivity (Wildman–Crippen MR) is 220 cm³/mol. The van der Waals surface area contributed by atoms with E-state index < -0.39 is 12.1 Å². The van der Waals surface area contributed by atoms with Gasteiger partial charge in [-0.25, -0.2) is 0 Å². The molecule has 4 heteroatoms. The van der Waals surface area contributed by atoms with Crippen molar-refractivity contribution in [1.82, 2.24) is 5.32 Å². The van der Waals surface area contributed by atoms with Gasteiger partial charge in [0.25, 0.3) is 0 Å². The van der Waals surface area contributed by atoms with Crippen LogP contribution < -0.4 is 5.32 Å². The summed E-state index contributed by atoms with van der Waals surface area (Å²) in [6, 6.07) is -0.642. The van der Waals surface area contributed by atoms with Gasteiger partial charge in [-0.15, -0.1) is 0 Å². The minimum atomic E-state index is -0.864. The molecule has 0 fully saturated rings. The fourth-order valence-corrected chi connectivity index (χ4v) is 5.95. The van der Waals surface area contributed by atoms with E-state index in [1.165, 1.54) is 116 Å². The summed E-state index contributed by atoms with van der Waals surface area (Å²) in [5, 5.41) is 22.9. The molecule has 0 rings (SSSR count). The Bertz CT molecular complexity index is 884. The zero-order valence-electron chi connectivity index (χ0n) is 32.9. The first kappa shape index (κ1) is 47.8. The maximum atomic E-state index is 12.4. The number of allylic oxidation sites excluding steroid dienone is 11. The van der Waals surface area contributed by atoms with Gasteiger partial charge in [-0.1, -0.05) is 189 Å². The molecule has 0 aliphatic carbocycles. The Labute approximate surface area is 310 Å². The molecule has 0 aliphatic rings. The van der Waals surface area contributed by atoms with Gasteiger partial charge in [0.15, 0.2) is 0 Å². The van der Waals surface area contributed by atoms with Gasteiger partial charge in [0, 0.05) is 6.42 Å². The minimum absolute atomic E-state index is 0.0803. The van der Waals surface area contributed by atoms with Gasteiger partial charge in [-0.2, -0.15) is 0 Å². The van der Waals surface area contributed by atoms with E-state index in [9.17, 15) is 15.0 Å². The molecule has 0 aromatic heterocycles. The quantitative estimate of drug-likeness (QED) is 0.0447. The Morgan fingerprint density at radius 3 is 1.40 bits per heavy atom. The van der Waals surface area contributed by atoms with Crippen molar-refractivity contribution in [3.63, 3.8) is 0 Å². The van der Waals surface area contributed by atoms with Gasteiger partial charge >= 0.3 is 0 Å². The van der Waals surface area contributed by atoms with Gasteiger partial charge in [0.05, 0.1) is 18.8 Å². The molecule has 0 aliphatic heterocycles. The Hall–Kier alpha value is -2.17. The van der Waals surface area contributed by atoms with Gasteiger partial charge in [-0.05, 0) is 70.6 Å². The summed E-state index contributed by atoms with van der Waals surface area (Å²) in [5.74, 6) is -0.0803. The summed E-state index contributed by atoms with van der Waals surface area (Å²) in [6.45, 7) is 4.16. The second-order valence-electron chi connectivity index (χ2n) is 14.0. The maximum Gasteiger partial charge on any atom is 0.220 e. The zero-order chi connectivity index (χ0) is 36.4. The first-order valence-electron chi connectivity index (χ1n) is 21.2. The third kappa shape index (κ3) is 37.1. The normalized spacial score (nSPS) is 13.8. The van der Waals surface area contributed by atoms with Crippen molar-refractivity contribution in [2.45, 2.75) is 206 Å². The first-order chi connectivity index (χ1) is 24.7. The Morgan fingerprint density at radius 2 is 0.900 bits per heavy atom. The van der Waals surface area contributed by atoms with Crippen molar-refractivity contribution < 1.29 is 15.0 Å². The van der Waals surface area contributed by atoms with Crippen molar-refractivity contribution >= 4 is 5.91 Å². The van der Waals surface area contributed by atoms with Gasteiger partial charge in [0.1, 0.15) is 0 Å². The summed E-state index contributed by atoms with van der Waals surface area (Å²) in [6.07, 6.45) is 58.6. The van der Waals surface area contributed by atoms with E-state index in [0.717, 1.165) is 57.8 Å². The lowest BCUT2D eigenvalue weighted by Crippen LogP contribution is -2.45. The fourth-order valence-electron chi connectivity index (χ4n) is 5.95. The van der Waals surface area contributed by atoms with Crippen molar-refractivity contribution in [3.05, 3.63) is 72.9 Å². The predicted octanol–water partition coefficient (Wildman–Crippen LogP) is 13.1. The largest absolute Gasteiger partial charge is 0.394 e. The number of hydrogen-bond donors (Lipinski definition) is 3. The average molecular weight is 696 g/mol. The van der Waals surface area contributed by atoms with Crippen molar-refractivity contribution in [1.29, 1.82) is 0 Å². The van der Waals surface area contributed by atoms with Gasteiger partial charge in [0.2, 0.25) is 5.91 Å². The van der Waals surface area contributed by atoms with E-state index in [2.05, 4.69) is 79.9 Å². The smallest absolute Gasteiger partial charge is 0.220 e. The lowest BCUT2D eigenvalue weighted by Gasteiger charge is -2.19. The zero-order valence-corrected chi connectivity index (χ0v) is 32.9. The van der Waals surface area contributed by atoms with Crippen LogP contribution in [0.4, 0.5) is 0 Å². The van der Waals surface area contributed by atoms with Crippen LogP contribution in [0, 0.1) is 0 Å². The highest BCUT2D eigenvalue weighted by Crippen LogP contribution is 2.14. The summed E-state index contributed by atoms with van der Waals surface area (Å²) < 4.78 is 0. The van der Waals surface area contributed by atoms with E-state index in [1.54, 1.807) is 6.08 Å². The molecule has 0 aromatic carbocycles. The van der Waals surface area contributed by atoms with Crippen molar-refractivity contribution in [3.8, 4) is 0 Å². The number of hydrogen-bond acceptors (Lipinski definition) is 3. The van der Waals surface area contributed by atoms with E-state index in [4.69, 9.17) is 0 Å². The molecule has 0 radical (unpaired) electrons. The molecule has 50 heavy (non-hydrogen) atoms. The summed E-state index contributed by atoms with van der Waals surface area (Å²) in [4.78, 5) is 12.4. The molecule has 3 N–H and O–H groups in total. The number of carbonyl (C=O) groups excluding carboxylic acids is 1. The van der Waals surface area contributed by atoms with Crippen LogP contribution in [0.5, 0.6) is 0 Å². The van der Waals surface area contributed by atoms with E-state index in [0.29, 0.717) is 6.42 Å². The highest BCUT2D eigenvalue weighted by molar-refractivity contribution is 5.76. The fraction of sp³-hybridized carbons (Fsp3) is 0.717. The standard InChI is InChI=1S/C46H81NO3/c1-3-5-7-9-11-13-15-17-18-19-20-21-22-23-24-25-26-27-28-30-32-34-36-38-40-42-46(50)47-44(43-48)45(49)41-39-37-35-33-31-29-16-14-12-10-8-6-4-2/h5,7,11,13,17-18,20-21,31,33,39,41,44-45,48-49H,3-4,6,8-10,12,14-16,19,22-30,32,34-38,40,42-43H2,1-2H3,(H,47,50)/b7-5-,13-11-,18-17-,21-20-,33-31+,41-39+. The molecule has 4 nitrogen and oxygen atoms in total. The number of aliphatic hydroxyl groups is 2. The Morgan fingerprint density at radius 1 is 0.500 bits per heavy atom. The number of rotatable bonds is 37. The highest BCUT2D eigenvalue weighted by Gasteiger charge is 2.17. The van der Waals surface area contributed by atoms with Crippen LogP contribution >= 0.6 is 0 Å². The van der Waals surface area contributed by atoms with E-state index in [-0.39, 0.29) is 12.5 Å². The SMILES string of the molecule is CC/C=C\C/C=C\C/C=C\C/C=C\CCCCCCCCCCCCCCC(=O)NC(CO)C(O)/C=C/CC/C=C/CCCCCCCCC. The second kappa shape index (κ2) is 41.3. The number of aliphatic hydroxyl groups excluding tert-OH is 2. The Kier molecular flexibility index (Phi) is 39.5. The summed E-state index contributed by atoms with van der Waals surface area (Å²) in [7, 11) is 0. The lowest BCUT2D eigenvalue weighted by atomic mass is 10.0. The molecule has 0 spiro atoms. The van der Waals surface area contributed by atoms with Crippen LogP contribution in [-0.4, -0.2) is 34.9 Å². The molecular formula is C46H81NO3. The minimum Gasteiger partial charge on any atom is -0.394 e. The molecule has 0 bridgehead atoms. The first-order valence-corrected chi connectivity index (χ1v) is 21.2. The highest BCUT2D eigenvalue weighted by atomic mass is 16.3. The van der Waals surface area contributed by atoms with Crippen LogP contribution in [0.15, 0.2) is 72.9 Å². The van der Waals surface area contributed by atoms with E-state index in [1.807, 2.05) is 6.08 Å². The molecule has 2 unspecified atom stereocenters. The van der Waals surface area contributed by atoms with Crippen LogP contribution in [0.1, 0.15) is 194 Å². The van der Waals surface area contributed by atoms with Gasteiger partial charge < -0.3 is 15.5 Å². The third-order valence-electron chi connectivity index (χ3n) is 9.17. The average Bonchev–Trinajstić information content (AvgIpc) is 3.12. The number of unbranched alkanes of at least 4 members (excludes halogenated alkanes) is 20. The molecule has 0 aromatic rings. The van der Waals surface area contributed by atoms with E-state index >= 15 is 0 Å². The summed E-state index contributed by atoms with van der Waals surface area (Å²) in [5.41, 5.74) is 0. The molecule has 0 saturated heterocycles. The number of carbonyl (C=O) groups is 1. The number of amides is 1. The lowest BCUT2D eigenvalue weighted by molar-refractivity contribution is -0.123. The topological polar surface area (TPSA) is 69.6 Å². The maximum absolute atomic E-state index is 12.4. The summed E-state index contributed by atoms with van der Waals surface area (Å²) >= 11 is 0. The molecule has 2 atom stereocenters. The van der Waals surface area contributed by atoms with Crippen LogP contribution in [0.25, 0.3) is 0 Å². The van der Waals surface area contributed by atoms with Gasteiger partial charge in [-0.3, -0.25) is 4.79 Å². The molecule has 0 heterocycles.